The molecule has 0 spiro atoms. The number of nitrogens with zero attached hydrogens (tertiary/aromatic N) is 1. The monoisotopic (exact) mass is 391 g/mol. The molecule has 1 aliphatic rings. The number of likely N-dealkylation sites (tertiary alicyclic amines) is 1. The van der Waals surface area contributed by atoms with Crippen LogP contribution >= 0.6 is 0 Å². The fourth-order valence-corrected chi connectivity index (χ4v) is 3.77. The van der Waals surface area contributed by atoms with E-state index in [1.54, 1.807) is 25.1 Å². The number of carbonyl (C=O) groups is 2. The third kappa shape index (κ3) is 3.21. The van der Waals surface area contributed by atoms with E-state index >= 15 is 0 Å². The first kappa shape index (κ1) is 19.0. The molecule has 3 aromatic rings. The molecule has 1 atom stereocenters. The number of hydrogen-bond acceptors (Lipinski definition) is 5. The molecule has 0 aliphatic carbocycles. The van der Waals surface area contributed by atoms with Crippen molar-refractivity contribution < 1.29 is 23.8 Å². The molecule has 2 heterocycles. The first-order valence-corrected chi connectivity index (χ1v) is 9.34. The van der Waals surface area contributed by atoms with Crippen molar-refractivity contribution >= 4 is 28.2 Å². The van der Waals surface area contributed by atoms with Crippen molar-refractivity contribution in [3.63, 3.8) is 0 Å². The summed E-state index contributed by atoms with van der Waals surface area (Å²) < 4.78 is 10.8. The van der Waals surface area contributed by atoms with Crippen molar-refractivity contribution in [2.45, 2.75) is 13.0 Å². The summed E-state index contributed by atoms with van der Waals surface area (Å²) in [5.74, 6) is -0.533. The minimum atomic E-state index is -0.808. The number of methoxy groups -OCH3 is 1. The number of rotatable bonds is 5. The Hall–Kier alpha value is -3.38. The van der Waals surface area contributed by atoms with Crippen molar-refractivity contribution in [2.75, 3.05) is 20.3 Å². The Morgan fingerprint density at radius 2 is 1.86 bits per heavy atom. The second-order valence-electron chi connectivity index (χ2n) is 6.96. The second kappa shape index (κ2) is 7.56. The highest BCUT2D eigenvalue weighted by Gasteiger charge is 2.47. The van der Waals surface area contributed by atoms with Crippen LogP contribution in [0, 0.1) is 6.92 Å². The SMILES string of the molecule is COCCN1C(=O)C(=O)/C(=C(\O)c2cccc3ccccc23)C1c1ccc(C)o1. The number of Topliss-reactive ketones (excluding diaryl/α,β-unsaturated/α-hetero) is 1. The largest absolute Gasteiger partial charge is 0.507 e. The van der Waals surface area contributed by atoms with Crippen LogP contribution < -0.4 is 0 Å². The standard InChI is InChI=1S/C23H21NO5/c1-14-10-11-18(29-14)20-19(22(26)23(27)24(20)12-13-28-2)21(25)17-9-5-7-15-6-3-4-8-16(15)17/h3-11,20,25H,12-13H2,1-2H3/b21-19-. The number of aryl methyl sites for hydroxylation is 1. The van der Waals surface area contributed by atoms with Crippen LogP contribution in [0.1, 0.15) is 23.1 Å². The molecule has 0 radical (unpaired) electrons. The Bertz CT molecular complexity index is 1120. The van der Waals surface area contributed by atoms with Gasteiger partial charge >= 0.3 is 0 Å². The van der Waals surface area contributed by atoms with Crippen LogP contribution in [0.2, 0.25) is 0 Å². The number of fused-ring (bicyclic) bond motifs is 1. The van der Waals surface area contributed by atoms with E-state index in [9.17, 15) is 14.7 Å². The van der Waals surface area contributed by atoms with Gasteiger partial charge in [-0.1, -0.05) is 42.5 Å². The molecule has 1 unspecified atom stereocenters. The lowest BCUT2D eigenvalue weighted by atomic mass is 9.96. The maximum atomic E-state index is 12.9. The molecule has 4 rings (SSSR count). The van der Waals surface area contributed by atoms with Gasteiger partial charge in [-0.15, -0.1) is 0 Å². The van der Waals surface area contributed by atoms with Crippen LogP contribution in [-0.4, -0.2) is 42.0 Å². The van der Waals surface area contributed by atoms with E-state index in [-0.39, 0.29) is 24.5 Å². The minimum Gasteiger partial charge on any atom is -0.507 e. The van der Waals surface area contributed by atoms with E-state index in [1.807, 2.05) is 36.4 Å². The molecule has 1 saturated heterocycles. The molecule has 6 nitrogen and oxygen atoms in total. The summed E-state index contributed by atoms with van der Waals surface area (Å²) in [7, 11) is 1.53. The highest BCUT2D eigenvalue weighted by molar-refractivity contribution is 6.46. The topological polar surface area (TPSA) is 80.0 Å². The van der Waals surface area contributed by atoms with Crippen molar-refractivity contribution in [1.82, 2.24) is 4.90 Å². The Morgan fingerprint density at radius 1 is 1.10 bits per heavy atom. The van der Waals surface area contributed by atoms with Gasteiger partial charge in [0.05, 0.1) is 12.2 Å². The summed E-state index contributed by atoms with van der Waals surface area (Å²) >= 11 is 0. The van der Waals surface area contributed by atoms with Crippen LogP contribution in [0.4, 0.5) is 0 Å². The number of hydrogen-bond donors (Lipinski definition) is 1. The summed E-state index contributed by atoms with van der Waals surface area (Å²) in [4.78, 5) is 27.1. The van der Waals surface area contributed by atoms with Crippen LogP contribution in [0.15, 0.2) is 64.6 Å². The van der Waals surface area contributed by atoms with Gasteiger partial charge in [0.15, 0.2) is 0 Å². The summed E-state index contributed by atoms with van der Waals surface area (Å²) in [6.45, 7) is 2.25. The van der Waals surface area contributed by atoms with E-state index in [1.165, 1.54) is 12.0 Å². The second-order valence-corrected chi connectivity index (χ2v) is 6.96. The predicted molar refractivity (Wildman–Crippen MR) is 108 cm³/mol. The number of aliphatic hydroxyl groups is 1. The maximum absolute atomic E-state index is 12.9. The molecule has 2 aromatic carbocycles. The molecule has 0 bridgehead atoms. The molecule has 1 fully saturated rings. The van der Waals surface area contributed by atoms with E-state index in [0.717, 1.165) is 10.8 Å². The zero-order valence-electron chi connectivity index (χ0n) is 16.2. The zero-order chi connectivity index (χ0) is 20.5. The van der Waals surface area contributed by atoms with Gasteiger partial charge in [-0.3, -0.25) is 9.59 Å². The van der Waals surface area contributed by atoms with Crippen LogP contribution in [-0.2, 0) is 14.3 Å². The van der Waals surface area contributed by atoms with Gasteiger partial charge in [0.1, 0.15) is 23.3 Å². The quantitative estimate of drug-likeness (QED) is 0.406. The highest BCUT2D eigenvalue weighted by Crippen LogP contribution is 2.40. The van der Waals surface area contributed by atoms with Crippen molar-refractivity contribution in [2.24, 2.45) is 0 Å². The van der Waals surface area contributed by atoms with Gasteiger partial charge in [0.2, 0.25) is 0 Å². The molecular formula is C23H21NO5. The molecule has 1 aliphatic heterocycles. The van der Waals surface area contributed by atoms with Crippen LogP contribution in [0.25, 0.3) is 16.5 Å². The predicted octanol–water partition coefficient (Wildman–Crippen LogP) is 3.81. The number of carbonyl (C=O) groups excluding carboxylic acids is 2. The van der Waals surface area contributed by atoms with Crippen molar-refractivity contribution in [1.29, 1.82) is 0 Å². The average Bonchev–Trinajstić information content (AvgIpc) is 3.27. The Balaban J connectivity index is 1.92. The fraction of sp³-hybridized carbons (Fsp3) is 0.217. The normalized spacial score (nSPS) is 18.7. The maximum Gasteiger partial charge on any atom is 0.295 e. The smallest absolute Gasteiger partial charge is 0.295 e. The lowest BCUT2D eigenvalue weighted by Gasteiger charge is -2.23. The molecule has 148 valence electrons. The number of amides is 1. The lowest BCUT2D eigenvalue weighted by Crippen LogP contribution is -2.32. The van der Waals surface area contributed by atoms with Crippen LogP contribution in [0.3, 0.4) is 0 Å². The summed E-state index contributed by atoms with van der Waals surface area (Å²) in [6, 6.07) is 15.7. The highest BCUT2D eigenvalue weighted by atomic mass is 16.5. The molecule has 0 saturated carbocycles. The summed E-state index contributed by atoms with van der Waals surface area (Å²) in [5, 5.41) is 12.9. The van der Waals surface area contributed by atoms with E-state index in [4.69, 9.17) is 9.15 Å². The molecule has 1 aromatic heterocycles. The van der Waals surface area contributed by atoms with Gasteiger partial charge < -0.3 is 19.2 Å². The Labute approximate surface area is 168 Å². The van der Waals surface area contributed by atoms with E-state index < -0.39 is 17.7 Å². The molecule has 6 heteroatoms. The Kier molecular flexibility index (Phi) is 4.94. The van der Waals surface area contributed by atoms with E-state index in [2.05, 4.69) is 0 Å². The lowest BCUT2D eigenvalue weighted by molar-refractivity contribution is -0.140. The van der Waals surface area contributed by atoms with Gasteiger partial charge in [-0.05, 0) is 29.8 Å². The fourth-order valence-electron chi connectivity index (χ4n) is 3.77. The number of aliphatic hydroxyl groups excluding tert-OH is 1. The number of furan rings is 1. The average molecular weight is 391 g/mol. The number of benzene rings is 2. The zero-order valence-corrected chi connectivity index (χ0v) is 16.2. The first-order chi connectivity index (χ1) is 14.0. The van der Waals surface area contributed by atoms with E-state index in [0.29, 0.717) is 17.1 Å². The first-order valence-electron chi connectivity index (χ1n) is 9.34. The minimum absolute atomic E-state index is 0.0248. The molecule has 1 amide bonds. The van der Waals surface area contributed by atoms with Gasteiger partial charge in [0, 0.05) is 19.2 Å². The number of ether oxygens (including phenoxy) is 1. The molecule has 1 N–H and O–H groups in total. The van der Waals surface area contributed by atoms with Crippen molar-refractivity contribution in [3.05, 3.63) is 77.3 Å². The van der Waals surface area contributed by atoms with Gasteiger partial charge in [-0.2, -0.15) is 0 Å². The summed E-state index contributed by atoms with van der Waals surface area (Å²) in [5.41, 5.74) is 0.526. The summed E-state index contributed by atoms with van der Waals surface area (Å²) in [6.07, 6.45) is 0. The third-order valence-electron chi connectivity index (χ3n) is 5.15. The third-order valence-corrected chi connectivity index (χ3v) is 5.15. The number of ketones is 1. The van der Waals surface area contributed by atoms with Gasteiger partial charge in [0.25, 0.3) is 11.7 Å². The van der Waals surface area contributed by atoms with Gasteiger partial charge in [-0.25, -0.2) is 0 Å². The molecule has 29 heavy (non-hydrogen) atoms. The van der Waals surface area contributed by atoms with Crippen LogP contribution in [0.5, 0.6) is 0 Å². The van der Waals surface area contributed by atoms with Crippen molar-refractivity contribution in [3.8, 4) is 0 Å². The Morgan fingerprint density at radius 3 is 2.59 bits per heavy atom. The molecular weight excluding hydrogens is 370 g/mol.